The Kier molecular flexibility index (Phi) is 5.01. The van der Waals surface area contributed by atoms with E-state index in [1.165, 1.54) is 32.9 Å². The molecule has 0 atom stereocenters. The number of nitro groups is 1. The van der Waals surface area contributed by atoms with Crippen LogP contribution in [-0.2, 0) is 25.8 Å². The first-order valence-corrected chi connectivity index (χ1v) is 11.4. The van der Waals surface area contributed by atoms with Gasteiger partial charge >= 0.3 is 5.69 Å². The molecule has 0 aliphatic heterocycles. The van der Waals surface area contributed by atoms with Gasteiger partial charge in [-0.3, -0.25) is 19.5 Å². The van der Waals surface area contributed by atoms with Crippen LogP contribution in [0.5, 0.6) is 0 Å². The lowest BCUT2D eigenvalue weighted by Crippen LogP contribution is -2.39. The van der Waals surface area contributed by atoms with Gasteiger partial charge in [0.1, 0.15) is 4.83 Å². The molecule has 0 saturated heterocycles. The van der Waals surface area contributed by atoms with Gasteiger partial charge < -0.3 is 0 Å². The van der Waals surface area contributed by atoms with E-state index in [0.29, 0.717) is 15.9 Å². The van der Waals surface area contributed by atoms with Crippen molar-refractivity contribution in [2.24, 2.45) is 0 Å². The summed E-state index contributed by atoms with van der Waals surface area (Å²) >= 11 is 1.52. The molecule has 0 spiro atoms. The van der Waals surface area contributed by atoms with E-state index in [1.807, 2.05) is 24.3 Å². The molecule has 4 aromatic rings. The summed E-state index contributed by atoms with van der Waals surface area (Å²) in [6.07, 6.45) is 3.65. The predicted octanol–water partition coefficient (Wildman–Crippen LogP) is 4.22. The van der Waals surface area contributed by atoms with Gasteiger partial charge in [-0.25, -0.2) is 9.36 Å². The summed E-state index contributed by atoms with van der Waals surface area (Å²) in [6, 6.07) is 13.7. The standard InChI is InChI=1S/C24H21N3O4S/c1-2-15-6-10-17(11-7-15)26-22(28)21-19-4-3-5-20(19)32-23(21)25(24(26)29)14-16-8-12-18(13-9-16)27(30)31/h6-13H,2-5,14H2,1H3. The van der Waals surface area contributed by atoms with Crippen molar-refractivity contribution in [3.05, 3.63) is 101 Å². The second-order valence-electron chi connectivity index (χ2n) is 7.99. The van der Waals surface area contributed by atoms with E-state index in [1.54, 1.807) is 16.7 Å². The maximum absolute atomic E-state index is 13.6. The Labute approximate surface area is 187 Å². The number of rotatable bonds is 5. The van der Waals surface area contributed by atoms with Crippen molar-refractivity contribution >= 4 is 27.2 Å². The van der Waals surface area contributed by atoms with E-state index in [9.17, 15) is 19.7 Å². The van der Waals surface area contributed by atoms with Crippen LogP contribution in [0.15, 0.2) is 58.1 Å². The molecular formula is C24H21N3O4S. The Morgan fingerprint density at radius 1 is 1.00 bits per heavy atom. The minimum atomic E-state index is -0.446. The number of nitro benzene ring substituents is 1. The van der Waals surface area contributed by atoms with Crippen molar-refractivity contribution in [1.82, 2.24) is 9.13 Å². The zero-order chi connectivity index (χ0) is 22.4. The first kappa shape index (κ1) is 20.4. The first-order valence-electron chi connectivity index (χ1n) is 10.6. The number of aromatic nitrogens is 2. The summed E-state index contributed by atoms with van der Waals surface area (Å²) in [7, 11) is 0. The highest BCUT2D eigenvalue weighted by atomic mass is 32.1. The molecule has 8 heteroatoms. The van der Waals surface area contributed by atoms with Crippen LogP contribution >= 0.6 is 11.3 Å². The van der Waals surface area contributed by atoms with E-state index < -0.39 is 10.6 Å². The molecule has 0 unspecified atom stereocenters. The Morgan fingerprint density at radius 2 is 1.69 bits per heavy atom. The van der Waals surface area contributed by atoms with Crippen molar-refractivity contribution in [2.75, 3.05) is 0 Å². The third kappa shape index (κ3) is 3.27. The second-order valence-corrected chi connectivity index (χ2v) is 9.07. The molecule has 7 nitrogen and oxygen atoms in total. The largest absolute Gasteiger partial charge is 0.337 e. The van der Waals surface area contributed by atoms with Crippen molar-refractivity contribution in [2.45, 2.75) is 39.2 Å². The van der Waals surface area contributed by atoms with Crippen LogP contribution in [-0.4, -0.2) is 14.1 Å². The third-order valence-electron chi connectivity index (χ3n) is 6.08. The molecule has 0 N–H and O–H groups in total. The highest BCUT2D eigenvalue weighted by Gasteiger charge is 2.25. The number of thiophene rings is 1. The fraction of sp³-hybridized carbons (Fsp3) is 0.250. The molecule has 0 fully saturated rings. The van der Waals surface area contributed by atoms with Gasteiger partial charge in [0.15, 0.2) is 0 Å². The monoisotopic (exact) mass is 447 g/mol. The minimum Gasteiger partial charge on any atom is -0.280 e. The smallest absolute Gasteiger partial charge is 0.280 e. The van der Waals surface area contributed by atoms with E-state index in [4.69, 9.17) is 0 Å². The minimum absolute atomic E-state index is 0.00216. The molecule has 0 bridgehead atoms. The highest BCUT2D eigenvalue weighted by Crippen LogP contribution is 2.35. The van der Waals surface area contributed by atoms with E-state index in [2.05, 4.69) is 6.92 Å². The van der Waals surface area contributed by atoms with Gasteiger partial charge in [-0.15, -0.1) is 11.3 Å². The van der Waals surface area contributed by atoms with Gasteiger partial charge in [0.2, 0.25) is 0 Å². The first-order chi connectivity index (χ1) is 15.5. The van der Waals surface area contributed by atoms with Crippen LogP contribution < -0.4 is 11.2 Å². The normalized spacial score (nSPS) is 12.9. The van der Waals surface area contributed by atoms with Crippen molar-refractivity contribution in [3.8, 4) is 5.69 Å². The number of non-ortho nitro benzene ring substituents is 1. The summed E-state index contributed by atoms with van der Waals surface area (Å²) in [4.78, 5) is 39.5. The summed E-state index contributed by atoms with van der Waals surface area (Å²) in [5.74, 6) is 0. The van der Waals surface area contributed by atoms with E-state index >= 15 is 0 Å². The maximum atomic E-state index is 13.6. The number of benzene rings is 2. The molecule has 162 valence electrons. The van der Waals surface area contributed by atoms with Gasteiger partial charge in [-0.1, -0.05) is 31.2 Å². The highest BCUT2D eigenvalue weighted by molar-refractivity contribution is 7.18. The quantitative estimate of drug-likeness (QED) is 0.339. The zero-order valence-corrected chi connectivity index (χ0v) is 18.4. The van der Waals surface area contributed by atoms with E-state index in [-0.39, 0.29) is 17.8 Å². The molecule has 0 radical (unpaired) electrons. The molecule has 1 aliphatic carbocycles. The fourth-order valence-corrected chi connectivity index (χ4v) is 5.73. The molecule has 5 rings (SSSR count). The zero-order valence-electron chi connectivity index (χ0n) is 17.5. The van der Waals surface area contributed by atoms with Gasteiger partial charge in [-0.05, 0) is 54.5 Å². The third-order valence-corrected chi connectivity index (χ3v) is 7.39. The lowest BCUT2D eigenvalue weighted by Gasteiger charge is -2.13. The Morgan fingerprint density at radius 3 is 2.34 bits per heavy atom. The molecule has 2 heterocycles. The maximum Gasteiger partial charge on any atom is 0.337 e. The van der Waals surface area contributed by atoms with Crippen molar-refractivity contribution in [3.63, 3.8) is 0 Å². The van der Waals surface area contributed by atoms with Gasteiger partial charge in [0.05, 0.1) is 22.5 Å². The summed E-state index contributed by atoms with van der Waals surface area (Å²) in [5.41, 5.74) is 2.84. The molecule has 2 aromatic carbocycles. The predicted molar refractivity (Wildman–Crippen MR) is 125 cm³/mol. The number of aryl methyl sites for hydroxylation is 3. The van der Waals surface area contributed by atoms with Crippen molar-refractivity contribution < 1.29 is 4.92 Å². The summed E-state index contributed by atoms with van der Waals surface area (Å²) in [6.45, 7) is 2.29. The molecule has 0 amide bonds. The molecule has 32 heavy (non-hydrogen) atoms. The van der Waals surface area contributed by atoms with Crippen LogP contribution in [0.3, 0.4) is 0 Å². The van der Waals surface area contributed by atoms with Crippen LogP contribution in [0.1, 0.15) is 34.9 Å². The Balaban J connectivity index is 1.73. The van der Waals surface area contributed by atoms with Gasteiger partial charge in [-0.2, -0.15) is 0 Å². The fourth-order valence-electron chi connectivity index (χ4n) is 4.36. The average Bonchev–Trinajstić information content (AvgIpc) is 3.39. The van der Waals surface area contributed by atoms with E-state index in [0.717, 1.165) is 42.4 Å². The average molecular weight is 448 g/mol. The van der Waals surface area contributed by atoms with Crippen LogP contribution in [0.2, 0.25) is 0 Å². The SMILES string of the molecule is CCc1ccc(-n2c(=O)c3c4c(sc3n(Cc3ccc([N+](=O)[O-])cc3)c2=O)CCC4)cc1. The molecule has 2 aromatic heterocycles. The lowest BCUT2D eigenvalue weighted by atomic mass is 10.1. The van der Waals surface area contributed by atoms with Crippen molar-refractivity contribution in [1.29, 1.82) is 0 Å². The number of hydrogen-bond acceptors (Lipinski definition) is 5. The van der Waals surface area contributed by atoms with Gasteiger partial charge in [0.25, 0.3) is 11.2 Å². The number of hydrogen-bond donors (Lipinski definition) is 0. The molecular weight excluding hydrogens is 426 g/mol. The summed E-state index contributed by atoms with van der Waals surface area (Å²) < 4.78 is 2.90. The lowest BCUT2D eigenvalue weighted by molar-refractivity contribution is -0.384. The van der Waals surface area contributed by atoms with Crippen LogP contribution in [0.4, 0.5) is 5.69 Å². The topological polar surface area (TPSA) is 87.1 Å². The Bertz CT molecular complexity index is 1460. The second kappa shape index (κ2) is 7.87. The number of fused-ring (bicyclic) bond motifs is 3. The van der Waals surface area contributed by atoms with Gasteiger partial charge in [0, 0.05) is 17.0 Å². The molecule has 0 saturated carbocycles. The van der Waals surface area contributed by atoms with Crippen LogP contribution in [0.25, 0.3) is 15.9 Å². The van der Waals surface area contributed by atoms with Crippen LogP contribution in [0, 0.1) is 10.1 Å². The molecule has 1 aliphatic rings. The summed E-state index contributed by atoms with van der Waals surface area (Å²) in [5, 5.41) is 11.6. The Hall–Kier alpha value is -3.52. The number of nitrogens with zero attached hydrogens (tertiary/aromatic N) is 3.